The predicted octanol–water partition coefficient (Wildman–Crippen LogP) is 7.73. The van der Waals surface area contributed by atoms with Gasteiger partial charge in [-0.2, -0.15) is 15.1 Å². The molecule has 5 unspecified atom stereocenters. The Morgan fingerprint density at radius 2 is 1.74 bits per heavy atom. The SMILES string of the molecule is C#Cc1c(F)ccc2cc(O)cc(-c3ncc4c(N5CC6CCC(C5)N6)nc(OCCN5CCC6(CC5)CN(c5cc(C(C(=O)N7CCCC7C(=O)NC(C)c7ccc(-c8ccnn8C)cc7)C(C)C)on5)C6)nc4c3F)c12. The number of piperidine rings is 1. The van der Waals surface area contributed by atoms with Crippen LogP contribution in [0.5, 0.6) is 11.8 Å². The lowest BCUT2D eigenvalue weighted by molar-refractivity contribution is -0.141. The molecular formula is C59H64F2N12O5. The van der Waals surface area contributed by atoms with Crippen molar-refractivity contribution in [1.29, 1.82) is 0 Å². The number of pyridine rings is 1. The molecule has 5 aliphatic heterocycles. The third-order valence-electron chi connectivity index (χ3n) is 17.0. The number of phenols is 1. The second-order valence-corrected chi connectivity index (χ2v) is 22.5. The Hall–Kier alpha value is -7.69. The zero-order valence-corrected chi connectivity index (χ0v) is 44.4. The van der Waals surface area contributed by atoms with Gasteiger partial charge in [0, 0.05) is 93.2 Å². The molecule has 19 heteroatoms. The number of halogens is 2. The van der Waals surface area contributed by atoms with Crippen molar-refractivity contribution in [2.24, 2.45) is 18.4 Å². The monoisotopic (exact) mass is 1060 g/mol. The van der Waals surface area contributed by atoms with Crippen molar-refractivity contribution < 1.29 is 32.7 Å². The lowest BCUT2D eigenvalue weighted by Gasteiger charge is -2.54. The van der Waals surface area contributed by atoms with Crippen LogP contribution < -0.4 is 25.2 Å². The van der Waals surface area contributed by atoms with E-state index in [4.69, 9.17) is 20.7 Å². The van der Waals surface area contributed by atoms with Crippen LogP contribution in [-0.4, -0.2) is 134 Å². The number of terminal acetylenes is 1. The Bertz CT molecular complexity index is 3460. The molecule has 404 valence electrons. The van der Waals surface area contributed by atoms with Crippen LogP contribution in [-0.2, 0) is 16.6 Å². The summed E-state index contributed by atoms with van der Waals surface area (Å²) in [6.07, 6.45) is 14.4. The Kier molecular flexibility index (Phi) is 13.5. The molecule has 1 spiro atoms. The zero-order chi connectivity index (χ0) is 54.0. The van der Waals surface area contributed by atoms with Crippen molar-refractivity contribution in [3.63, 3.8) is 0 Å². The molecule has 5 saturated heterocycles. The molecular weight excluding hydrogens is 995 g/mol. The van der Waals surface area contributed by atoms with E-state index in [0.717, 1.165) is 75.1 Å². The summed E-state index contributed by atoms with van der Waals surface area (Å²) in [7, 11) is 1.91. The third-order valence-corrected chi connectivity index (χ3v) is 17.0. The number of carbonyl (C=O) groups excluding carboxylic acids is 2. The van der Waals surface area contributed by atoms with Crippen LogP contribution in [0.25, 0.3) is 44.2 Å². The molecule has 3 aromatic carbocycles. The summed E-state index contributed by atoms with van der Waals surface area (Å²) in [5.74, 6) is 1.66. The van der Waals surface area contributed by atoms with E-state index in [9.17, 15) is 14.7 Å². The molecule has 7 aromatic rings. The van der Waals surface area contributed by atoms with Crippen LogP contribution in [0.15, 0.2) is 77.6 Å². The first-order valence-corrected chi connectivity index (χ1v) is 27.3. The van der Waals surface area contributed by atoms with Crippen LogP contribution in [0.3, 0.4) is 0 Å². The molecule has 9 heterocycles. The van der Waals surface area contributed by atoms with Crippen LogP contribution in [0, 0.1) is 35.3 Å². The maximum absolute atomic E-state index is 17.1. The summed E-state index contributed by atoms with van der Waals surface area (Å²) in [6, 6.07) is 17.3. The minimum atomic E-state index is -0.757. The van der Waals surface area contributed by atoms with Crippen molar-refractivity contribution in [1.82, 2.24) is 50.3 Å². The molecule has 0 radical (unpaired) electrons. The average molecular weight is 1060 g/mol. The van der Waals surface area contributed by atoms with E-state index in [1.54, 1.807) is 17.3 Å². The van der Waals surface area contributed by atoms with Gasteiger partial charge < -0.3 is 39.7 Å². The number of nitrogens with zero attached hydrogens (tertiary/aromatic N) is 10. The molecule has 4 aromatic heterocycles. The van der Waals surface area contributed by atoms with Crippen molar-refractivity contribution >= 4 is 45.1 Å². The van der Waals surface area contributed by atoms with Crippen LogP contribution in [0.2, 0.25) is 0 Å². The van der Waals surface area contributed by atoms with E-state index in [-0.39, 0.29) is 87.4 Å². The fraction of sp³-hybridized carbons (Fsp3) is 0.441. The van der Waals surface area contributed by atoms with Gasteiger partial charge in [-0.05, 0) is 105 Å². The van der Waals surface area contributed by atoms with Gasteiger partial charge in [0.25, 0.3) is 0 Å². The highest BCUT2D eigenvalue weighted by molar-refractivity contribution is 6.03. The largest absolute Gasteiger partial charge is 0.508 e. The normalized spacial score (nSPS) is 20.8. The molecule has 5 fully saturated rings. The van der Waals surface area contributed by atoms with Gasteiger partial charge in [0.1, 0.15) is 47.2 Å². The molecule has 5 aliphatic rings. The first kappa shape index (κ1) is 51.1. The number of amides is 2. The van der Waals surface area contributed by atoms with Crippen molar-refractivity contribution in [3.8, 4) is 46.6 Å². The Morgan fingerprint density at radius 3 is 2.46 bits per heavy atom. The fourth-order valence-corrected chi connectivity index (χ4v) is 12.8. The maximum Gasteiger partial charge on any atom is 0.319 e. The summed E-state index contributed by atoms with van der Waals surface area (Å²) in [5.41, 5.74) is 3.11. The number of anilines is 2. The second kappa shape index (κ2) is 20.6. The van der Waals surface area contributed by atoms with E-state index >= 15 is 8.78 Å². The van der Waals surface area contributed by atoms with Gasteiger partial charge in [-0.25, -0.2) is 8.78 Å². The van der Waals surface area contributed by atoms with Gasteiger partial charge in [-0.1, -0.05) is 55.3 Å². The van der Waals surface area contributed by atoms with Crippen molar-refractivity contribution in [2.75, 3.05) is 68.8 Å². The summed E-state index contributed by atoms with van der Waals surface area (Å²) >= 11 is 0. The second-order valence-electron chi connectivity index (χ2n) is 22.5. The van der Waals surface area contributed by atoms with Gasteiger partial charge in [0.15, 0.2) is 17.4 Å². The molecule has 78 heavy (non-hydrogen) atoms. The highest BCUT2D eigenvalue weighted by atomic mass is 19.1. The molecule has 2 bridgehead atoms. The number of nitrogens with one attached hydrogen (secondary N) is 2. The Labute approximate surface area is 451 Å². The van der Waals surface area contributed by atoms with Crippen molar-refractivity contribution in [2.45, 2.75) is 89.4 Å². The van der Waals surface area contributed by atoms with Gasteiger partial charge >= 0.3 is 6.01 Å². The van der Waals surface area contributed by atoms with Crippen molar-refractivity contribution in [3.05, 3.63) is 102 Å². The number of likely N-dealkylation sites (tertiary alicyclic amines) is 2. The number of aromatic nitrogens is 6. The van der Waals surface area contributed by atoms with Crippen LogP contribution >= 0.6 is 0 Å². The number of ether oxygens (including phenoxy) is 1. The summed E-state index contributed by atoms with van der Waals surface area (Å²) in [4.78, 5) is 50.8. The number of phenolic OH excluding ortho intramolecular Hbond substituents is 1. The average Bonchev–Trinajstić information content (AvgIpc) is 4.39. The van der Waals surface area contributed by atoms with E-state index in [0.29, 0.717) is 60.8 Å². The van der Waals surface area contributed by atoms with E-state index in [1.165, 1.54) is 24.3 Å². The summed E-state index contributed by atoms with van der Waals surface area (Å²) < 4.78 is 46.2. The number of aromatic hydroxyl groups is 1. The number of hydrogen-bond acceptors (Lipinski definition) is 14. The quantitative estimate of drug-likeness (QED) is 0.0900. The van der Waals surface area contributed by atoms with Crippen LogP contribution in [0.1, 0.15) is 88.1 Å². The number of benzene rings is 3. The highest BCUT2D eigenvalue weighted by Crippen LogP contribution is 2.44. The molecule has 0 saturated carbocycles. The standard InChI is InChI=1S/C59H64F2N12O5/c1-6-42-45(60)16-13-38-26-41(74)27-43(51(38)42)53-52(61)54-44(29-62-53)55(71-30-39-14-15-40(31-71)65-39)67-58(66-54)77-25-24-70-22-18-59(19-23-70)32-72(33-59)49-28-48(78-68-49)50(34(2)3)57(76)73-21-7-8-47(73)56(75)64-35(4)36-9-11-37(12-10-36)46-17-20-63-69(46)5/h1,9-13,16-17,20,26-29,34-35,39-40,47,50,65,74H,7-8,14-15,18-19,21-25,30-33H2,2-5H3,(H,64,75). The topological polar surface area (TPSA) is 183 Å². The number of fused-ring (bicyclic) bond motifs is 4. The fourth-order valence-electron chi connectivity index (χ4n) is 12.8. The predicted molar refractivity (Wildman–Crippen MR) is 292 cm³/mol. The molecule has 17 nitrogen and oxygen atoms in total. The zero-order valence-electron chi connectivity index (χ0n) is 44.4. The lowest BCUT2D eigenvalue weighted by Crippen LogP contribution is -2.60. The van der Waals surface area contributed by atoms with Gasteiger partial charge in [-0.15, -0.1) is 6.42 Å². The van der Waals surface area contributed by atoms with E-state index < -0.39 is 23.6 Å². The molecule has 0 aliphatic carbocycles. The van der Waals surface area contributed by atoms with Gasteiger partial charge in [0.05, 0.1) is 22.7 Å². The van der Waals surface area contributed by atoms with Crippen LogP contribution in [0.4, 0.5) is 20.4 Å². The smallest absolute Gasteiger partial charge is 0.319 e. The van der Waals surface area contributed by atoms with Gasteiger partial charge in [0.2, 0.25) is 11.8 Å². The number of carbonyl (C=O) groups is 2. The number of piperazine rings is 1. The Morgan fingerprint density at radius 1 is 0.974 bits per heavy atom. The maximum atomic E-state index is 17.1. The minimum absolute atomic E-state index is 0.00667. The number of rotatable bonds is 14. The number of aryl methyl sites for hydroxylation is 1. The van der Waals surface area contributed by atoms with Gasteiger partial charge in [-0.3, -0.25) is 24.2 Å². The minimum Gasteiger partial charge on any atom is -0.508 e. The Balaban J connectivity index is 0.675. The molecule has 3 N–H and O–H groups in total. The van der Waals surface area contributed by atoms with E-state index in [1.807, 2.05) is 68.9 Å². The number of hydrogen-bond donors (Lipinski definition) is 3. The first-order chi connectivity index (χ1) is 37.7. The third kappa shape index (κ3) is 9.52. The summed E-state index contributed by atoms with van der Waals surface area (Å²) in [5, 5.41) is 27.4. The molecule has 5 atom stereocenters. The molecule has 12 rings (SSSR count). The highest BCUT2D eigenvalue weighted by Gasteiger charge is 2.47. The first-order valence-electron chi connectivity index (χ1n) is 27.3. The van der Waals surface area contributed by atoms with E-state index in [2.05, 4.69) is 51.5 Å². The summed E-state index contributed by atoms with van der Waals surface area (Å²) in [6.45, 7) is 12.1. The molecule has 2 amide bonds. The lowest BCUT2D eigenvalue weighted by atomic mass is 9.72.